The first-order chi connectivity index (χ1) is 10.7. The molecule has 0 saturated heterocycles. The minimum Gasteiger partial charge on any atom is -0.348 e. The van der Waals surface area contributed by atoms with E-state index in [2.05, 4.69) is 26.2 Å². The normalized spacial score (nSPS) is 10.8. The molecule has 0 bridgehead atoms. The summed E-state index contributed by atoms with van der Waals surface area (Å²) < 4.78 is 3.02. The Labute approximate surface area is 137 Å². The van der Waals surface area contributed by atoms with Gasteiger partial charge in [0.05, 0.1) is 5.56 Å². The summed E-state index contributed by atoms with van der Waals surface area (Å²) in [5.74, 6) is -0.0758. The zero-order chi connectivity index (χ0) is 15.5. The summed E-state index contributed by atoms with van der Waals surface area (Å²) in [4.78, 5) is 16.8. The van der Waals surface area contributed by atoms with Crippen molar-refractivity contribution >= 4 is 32.9 Å². The molecule has 0 unspecified atom stereocenters. The number of hydrogen-bond donors (Lipinski definition) is 1. The second-order valence-corrected chi connectivity index (χ2v) is 5.93. The Bertz CT molecular complexity index is 808. The van der Waals surface area contributed by atoms with Gasteiger partial charge in [-0.3, -0.25) is 4.79 Å². The molecular formula is C17H16BrN3O. The van der Waals surface area contributed by atoms with Gasteiger partial charge in [-0.15, -0.1) is 0 Å². The van der Waals surface area contributed by atoms with Gasteiger partial charge in [0.15, 0.2) is 0 Å². The first kappa shape index (κ1) is 14.8. The van der Waals surface area contributed by atoms with Gasteiger partial charge in [0, 0.05) is 35.3 Å². The van der Waals surface area contributed by atoms with Crippen LogP contribution in [0.3, 0.4) is 0 Å². The highest BCUT2D eigenvalue weighted by molar-refractivity contribution is 9.10. The number of nitrogens with zero attached hydrogens (tertiary/aromatic N) is 2. The lowest BCUT2D eigenvalue weighted by Gasteiger charge is -2.04. The van der Waals surface area contributed by atoms with Gasteiger partial charge in [-0.05, 0) is 36.8 Å². The van der Waals surface area contributed by atoms with Gasteiger partial charge >= 0.3 is 0 Å². The molecule has 1 aromatic carbocycles. The van der Waals surface area contributed by atoms with Crippen LogP contribution in [-0.2, 0) is 13.1 Å². The summed E-state index contributed by atoms with van der Waals surface area (Å²) in [5.41, 5.74) is 2.58. The number of pyridine rings is 1. The van der Waals surface area contributed by atoms with Crippen LogP contribution in [0, 0.1) is 0 Å². The van der Waals surface area contributed by atoms with Crippen LogP contribution in [0.4, 0.5) is 0 Å². The molecule has 4 nitrogen and oxygen atoms in total. The van der Waals surface area contributed by atoms with Gasteiger partial charge in [0.1, 0.15) is 5.65 Å². The van der Waals surface area contributed by atoms with E-state index in [-0.39, 0.29) is 5.91 Å². The Morgan fingerprint density at radius 3 is 2.77 bits per heavy atom. The zero-order valence-electron chi connectivity index (χ0n) is 12.2. The number of aryl methyl sites for hydroxylation is 1. The fraction of sp³-hybridized carbons (Fsp3) is 0.176. The van der Waals surface area contributed by atoms with E-state index >= 15 is 0 Å². The molecule has 3 rings (SSSR count). The molecule has 22 heavy (non-hydrogen) atoms. The van der Waals surface area contributed by atoms with Crippen molar-refractivity contribution < 1.29 is 4.79 Å². The van der Waals surface area contributed by atoms with E-state index in [9.17, 15) is 4.79 Å². The van der Waals surface area contributed by atoms with E-state index in [0.717, 1.165) is 27.6 Å². The lowest BCUT2D eigenvalue weighted by molar-refractivity contribution is 0.0952. The Kier molecular flexibility index (Phi) is 4.24. The second-order valence-electron chi connectivity index (χ2n) is 5.01. The lowest BCUT2D eigenvalue weighted by Crippen LogP contribution is -2.22. The van der Waals surface area contributed by atoms with Gasteiger partial charge < -0.3 is 9.88 Å². The van der Waals surface area contributed by atoms with Crippen molar-refractivity contribution in [3.8, 4) is 0 Å². The summed E-state index contributed by atoms with van der Waals surface area (Å²) in [6.45, 7) is 3.33. The van der Waals surface area contributed by atoms with Crippen molar-refractivity contribution in [2.45, 2.75) is 20.0 Å². The van der Waals surface area contributed by atoms with Crippen molar-refractivity contribution in [1.29, 1.82) is 0 Å². The molecule has 0 radical (unpaired) electrons. The highest BCUT2D eigenvalue weighted by Gasteiger charge is 2.14. The minimum absolute atomic E-state index is 0.0758. The van der Waals surface area contributed by atoms with Crippen molar-refractivity contribution in [1.82, 2.24) is 14.9 Å². The molecule has 3 aromatic rings. The second kappa shape index (κ2) is 6.32. The van der Waals surface area contributed by atoms with Crippen LogP contribution >= 0.6 is 15.9 Å². The molecule has 2 aromatic heterocycles. The maximum atomic E-state index is 12.5. The number of carbonyl (C=O) groups excluding carboxylic acids is 1. The van der Waals surface area contributed by atoms with Crippen LogP contribution in [0.1, 0.15) is 22.8 Å². The molecule has 0 fully saturated rings. The summed E-state index contributed by atoms with van der Waals surface area (Å²) >= 11 is 3.40. The monoisotopic (exact) mass is 357 g/mol. The van der Waals surface area contributed by atoms with Crippen LogP contribution in [0.25, 0.3) is 11.0 Å². The van der Waals surface area contributed by atoms with E-state index in [0.29, 0.717) is 12.1 Å². The molecule has 0 aliphatic carbocycles. The van der Waals surface area contributed by atoms with E-state index in [1.165, 1.54) is 0 Å². The Hall–Kier alpha value is -2.14. The van der Waals surface area contributed by atoms with Crippen LogP contribution in [0.2, 0.25) is 0 Å². The number of hydrogen-bond acceptors (Lipinski definition) is 2. The summed E-state index contributed by atoms with van der Waals surface area (Å²) in [7, 11) is 0. The molecule has 1 N–H and O–H groups in total. The Balaban J connectivity index is 1.82. The van der Waals surface area contributed by atoms with Crippen molar-refractivity contribution in [3.63, 3.8) is 0 Å². The van der Waals surface area contributed by atoms with Gasteiger partial charge in [0.2, 0.25) is 0 Å². The molecule has 0 saturated carbocycles. The quantitative estimate of drug-likeness (QED) is 0.772. The first-order valence-corrected chi connectivity index (χ1v) is 7.95. The van der Waals surface area contributed by atoms with Crippen LogP contribution in [-0.4, -0.2) is 15.5 Å². The fourth-order valence-corrected chi connectivity index (χ4v) is 2.69. The Morgan fingerprint density at radius 2 is 2.05 bits per heavy atom. The number of rotatable bonds is 4. The predicted molar refractivity (Wildman–Crippen MR) is 90.7 cm³/mol. The number of fused-ring (bicyclic) bond motifs is 1. The molecule has 112 valence electrons. The van der Waals surface area contributed by atoms with E-state index < -0.39 is 0 Å². The van der Waals surface area contributed by atoms with Gasteiger partial charge in [-0.1, -0.05) is 28.1 Å². The lowest BCUT2D eigenvalue weighted by atomic mass is 10.2. The highest BCUT2D eigenvalue weighted by atomic mass is 79.9. The topological polar surface area (TPSA) is 46.9 Å². The van der Waals surface area contributed by atoms with E-state index in [1.54, 1.807) is 6.20 Å². The molecule has 0 spiro atoms. The van der Waals surface area contributed by atoms with Crippen molar-refractivity contribution in [2.24, 2.45) is 0 Å². The third-order valence-electron chi connectivity index (χ3n) is 3.59. The number of nitrogens with one attached hydrogen (secondary N) is 1. The average Bonchev–Trinajstić information content (AvgIpc) is 2.93. The third-order valence-corrected chi connectivity index (χ3v) is 4.11. The standard InChI is InChI=1S/C17H16BrN3O/c1-2-21-11-15(14-4-3-9-19-16(14)21)17(22)20-10-12-5-7-13(18)8-6-12/h3-9,11H,2,10H2,1H3,(H,20,22). The molecule has 2 heterocycles. The largest absolute Gasteiger partial charge is 0.348 e. The molecule has 0 aliphatic rings. The number of aromatic nitrogens is 2. The fourth-order valence-electron chi connectivity index (χ4n) is 2.42. The number of halogens is 1. The van der Waals surface area contributed by atoms with Crippen LogP contribution < -0.4 is 5.32 Å². The maximum absolute atomic E-state index is 12.5. The average molecular weight is 358 g/mol. The Morgan fingerprint density at radius 1 is 1.27 bits per heavy atom. The smallest absolute Gasteiger partial charge is 0.253 e. The van der Waals surface area contributed by atoms with Gasteiger partial charge in [-0.25, -0.2) is 4.98 Å². The first-order valence-electron chi connectivity index (χ1n) is 7.15. The SMILES string of the molecule is CCn1cc(C(=O)NCc2ccc(Br)cc2)c2cccnc21. The number of benzene rings is 1. The maximum Gasteiger partial charge on any atom is 0.253 e. The summed E-state index contributed by atoms with van der Waals surface area (Å²) in [6.07, 6.45) is 3.62. The van der Waals surface area contributed by atoms with Crippen LogP contribution in [0.15, 0.2) is 53.3 Å². The summed E-state index contributed by atoms with van der Waals surface area (Å²) in [6, 6.07) is 11.7. The van der Waals surface area contributed by atoms with Crippen molar-refractivity contribution in [2.75, 3.05) is 0 Å². The summed E-state index contributed by atoms with van der Waals surface area (Å²) in [5, 5.41) is 3.86. The highest BCUT2D eigenvalue weighted by Crippen LogP contribution is 2.19. The van der Waals surface area contributed by atoms with Crippen molar-refractivity contribution in [3.05, 3.63) is 64.4 Å². The van der Waals surface area contributed by atoms with Gasteiger partial charge in [-0.2, -0.15) is 0 Å². The van der Waals surface area contributed by atoms with Crippen LogP contribution in [0.5, 0.6) is 0 Å². The van der Waals surface area contributed by atoms with E-state index in [4.69, 9.17) is 0 Å². The molecule has 5 heteroatoms. The molecule has 0 atom stereocenters. The number of carbonyl (C=O) groups is 1. The third kappa shape index (κ3) is 2.90. The zero-order valence-corrected chi connectivity index (χ0v) is 13.8. The molecule has 1 amide bonds. The molecule has 0 aliphatic heterocycles. The van der Waals surface area contributed by atoms with Gasteiger partial charge in [0.25, 0.3) is 5.91 Å². The number of amides is 1. The predicted octanol–water partition coefficient (Wildman–Crippen LogP) is 3.75. The molecular weight excluding hydrogens is 342 g/mol. The van der Waals surface area contributed by atoms with E-state index in [1.807, 2.05) is 54.1 Å². The minimum atomic E-state index is -0.0758.